The highest BCUT2D eigenvalue weighted by Crippen LogP contribution is 2.09. The minimum absolute atomic E-state index is 0.184. The van der Waals surface area contributed by atoms with E-state index < -0.39 is 0 Å². The lowest BCUT2D eigenvalue weighted by molar-refractivity contribution is 0.102. The molecule has 0 aliphatic carbocycles. The standard InChI is InChI=1S/C18H16N4O2/c1-13-2-4-15(5-3-13)20-18(24)16-6-7-17(23)22(21-16)12-14-8-10-19-11-9-14/h2-11H,12H2,1H3,(H,20,24). The van der Waals surface area contributed by atoms with E-state index in [4.69, 9.17) is 0 Å². The van der Waals surface area contributed by atoms with Gasteiger partial charge in [0, 0.05) is 24.1 Å². The normalized spacial score (nSPS) is 10.4. The Balaban J connectivity index is 1.81. The van der Waals surface area contributed by atoms with Crippen molar-refractivity contribution in [1.29, 1.82) is 0 Å². The van der Waals surface area contributed by atoms with Gasteiger partial charge in [-0.2, -0.15) is 5.10 Å². The number of rotatable bonds is 4. The zero-order valence-electron chi connectivity index (χ0n) is 13.1. The number of hydrogen-bond acceptors (Lipinski definition) is 4. The Morgan fingerprint density at radius 3 is 2.46 bits per heavy atom. The Bertz CT molecular complexity index is 902. The van der Waals surface area contributed by atoms with Crippen LogP contribution in [0.2, 0.25) is 0 Å². The Kier molecular flexibility index (Phi) is 4.47. The minimum atomic E-state index is -0.359. The van der Waals surface area contributed by atoms with Crippen molar-refractivity contribution in [2.24, 2.45) is 0 Å². The van der Waals surface area contributed by atoms with E-state index in [1.54, 1.807) is 24.5 Å². The van der Waals surface area contributed by atoms with Crippen LogP contribution in [0.1, 0.15) is 21.6 Å². The summed E-state index contributed by atoms with van der Waals surface area (Å²) in [5.74, 6) is -0.359. The molecular formula is C18H16N4O2. The highest BCUT2D eigenvalue weighted by Gasteiger charge is 2.10. The predicted octanol–water partition coefficient (Wildman–Crippen LogP) is 2.25. The van der Waals surface area contributed by atoms with Crippen molar-refractivity contribution < 1.29 is 4.79 Å². The van der Waals surface area contributed by atoms with Crippen LogP contribution in [0, 0.1) is 6.92 Å². The number of hydrogen-bond donors (Lipinski definition) is 1. The first-order chi connectivity index (χ1) is 11.6. The maximum Gasteiger partial charge on any atom is 0.276 e. The molecule has 1 amide bonds. The lowest BCUT2D eigenvalue weighted by Crippen LogP contribution is -2.26. The van der Waals surface area contributed by atoms with Gasteiger partial charge >= 0.3 is 0 Å². The third-order valence-electron chi connectivity index (χ3n) is 3.49. The highest BCUT2D eigenvalue weighted by atomic mass is 16.2. The van der Waals surface area contributed by atoms with Crippen molar-refractivity contribution in [3.63, 3.8) is 0 Å². The van der Waals surface area contributed by atoms with E-state index in [-0.39, 0.29) is 23.7 Å². The number of amides is 1. The first-order valence-electron chi connectivity index (χ1n) is 7.47. The topological polar surface area (TPSA) is 76.9 Å². The molecule has 0 fully saturated rings. The van der Waals surface area contributed by atoms with Gasteiger partial charge in [0.2, 0.25) is 0 Å². The van der Waals surface area contributed by atoms with Crippen LogP contribution >= 0.6 is 0 Å². The van der Waals surface area contributed by atoms with Gasteiger partial charge in [0.25, 0.3) is 11.5 Å². The van der Waals surface area contributed by atoms with E-state index >= 15 is 0 Å². The minimum Gasteiger partial charge on any atom is -0.321 e. The Morgan fingerprint density at radius 1 is 1.04 bits per heavy atom. The highest BCUT2D eigenvalue weighted by molar-refractivity contribution is 6.02. The third-order valence-corrected chi connectivity index (χ3v) is 3.49. The number of anilines is 1. The van der Waals surface area contributed by atoms with Gasteiger partial charge in [-0.25, -0.2) is 4.68 Å². The second-order valence-corrected chi connectivity index (χ2v) is 5.39. The van der Waals surface area contributed by atoms with Crippen molar-refractivity contribution in [1.82, 2.24) is 14.8 Å². The van der Waals surface area contributed by atoms with Gasteiger partial charge in [-0.1, -0.05) is 17.7 Å². The van der Waals surface area contributed by atoms with Crippen LogP contribution in [0.25, 0.3) is 0 Å². The smallest absolute Gasteiger partial charge is 0.276 e. The molecule has 0 aliphatic heterocycles. The predicted molar refractivity (Wildman–Crippen MR) is 91.0 cm³/mol. The molecular weight excluding hydrogens is 304 g/mol. The monoisotopic (exact) mass is 320 g/mol. The van der Waals surface area contributed by atoms with E-state index in [9.17, 15) is 9.59 Å². The molecule has 0 bridgehead atoms. The zero-order valence-corrected chi connectivity index (χ0v) is 13.1. The molecule has 0 atom stereocenters. The maximum absolute atomic E-state index is 12.3. The fourth-order valence-corrected chi connectivity index (χ4v) is 2.18. The number of benzene rings is 1. The molecule has 1 aromatic carbocycles. The summed E-state index contributed by atoms with van der Waals surface area (Å²) in [5.41, 5.74) is 2.59. The molecule has 0 saturated heterocycles. The summed E-state index contributed by atoms with van der Waals surface area (Å²) in [5, 5.41) is 6.92. The molecule has 0 saturated carbocycles. The van der Waals surface area contributed by atoms with Gasteiger partial charge in [0.05, 0.1) is 6.54 Å². The lowest BCUT2D eigenvalue weighted by Gasteiger charge is -2.08. The number of aryl methyl sites for hydroxylation is 1. The summed E-state index contributed by atoms with van der Waals surface area (Å²) in [4.78, 5) is 28.2. The molecule has 6 nitrogen and oxygen atoms in total. The van der Waals surface area contributed by atoms with Crippen LogP contribution in [0.4, 0.5) is 5.69 Å². The second kappa shape index (κ2) is 6.87. The van der Waals surface area contributed by atoms with Crippen molar-refractivity contribution in [3.05, 3.63) is 88.1 Å². The molecule has 1 N–H and O–H groups in total. The van der Waals surface area contributed by atoms with E-state index in [2.05, 4.69) is 15.4 Å². The van der Waals surface area contributed by atoms with Crippen molar-refractivity contribution in [2.45, 2.75) is 13.5 Å². The van der Waals surface area contributed by atoms with Gasteiger partial charge in [-0.05, 0) is 42.8 Å². The largest absolute Gasteiger partial charge is 0.321 e. The summed E-state index contributed by atoms with van der Waals surface area (Å²) >= 11 is 0. The first-order valence-corrected chi connectivity index (χ1v) is 7.47. The summed E-state index contributed by atoms with van der Waals surface area (Å²) in [6, 6.07) is 13.8. The van der Waals surface area contributed by atoms with E-state index in [0.717, 1.165) is 11.1 Å². The molecule has 0 unspecified atom stereocenters. The molecule has 6 heteroatoms. The van der Waals surface area contributed by atoms with Gasteiger partial charge in [-0.15, -0.1) is 0 Å². The summed E-state index contributed by atoms with van der Waals surface area (Å²) < 4.78 is 1.26. The lowest BCUT2D eigenvalue weighted by atomic mass is 10.2. The van der Waals surface area contributed by atoms with Crippen LogP contribution in [0.5, 0.6) is 0 Å². The number of pyridine rings is 1. The second-order valence-electron chi connectivity index (χ2n) is 5.39. The number of aromatic nitrogens is 3. The van der Waals surface area contributed by atoms with Gasteiger partial charge in [0.15, 0.2) is 0 Å². The molecule has 0 radical (unpaired) electrons. The number of nitrogens with zero attached hydrogens (tertiary/aromatic N) is 3. The Labute approximate surface area is 138 Å². The Morgan fingerprint density at radius 2 is 1.75 bits per heavy atom. The quantitative estimate of drug-likeness (QED) is 0.800. The van der Waals surface area contributed by atoms with Crippen molar-refractivity contribution in [2.75, 3.05) is 5.32 Å². The number of carbonyl (C=O) groups is 1. The van der Waals surface area contributed by atoms with E-state index in [1.807, 2.05) is 31.2 Å². The van der Waals surface area contributed by atoms with Crippen LogP contribution in [-0.2, 0) is 6.54 Å². The summed E-state index contributed by atoms with van der Waals surface area (Å²) in [6.45, 7) is 2.26. The fraction of sp³-hybridized carbons (Fsp3) is 0.111. The van der Waals surface area contributed by atoms with Crippen LogP contribution in [-0.4, -0.2) is 20.7 Å². The number of carbonyl (C=O) groups excluding carboxylic acids is 1. The number of nitrogens with one attached hydrogen (secondary N) is 1. The van der Waals surface area contributed by atoms with Crippen LogP contribution in [0.3, 0.4) is 0 Å². The van der Waals surface area contributed by atoms with E-state index in [1.165, 1.54) is 16.8 Å². The van der Waals surface area contributed by atoms with Crippen molar-refractivity contribution in [3.8, 4) is 0 Å². The molecule has 0 aliphatic rings. The molecule has 0 spiro atoms. The first kappa shape index (κ1) is 15.6. The molecule has 3 rings (SSSR count). The third kappa shape index (κ3) is 3.73. The molecule has 2 heterocycles. The molecule has 2 aromatic heterocycles. The molecule has 24 heavy (non-hydrogen) atoms. The molecule has 3 aromatic rings. The average molecular weight is 320 g/mol. The van der Waals surface area contributed by atoms with Crippen LogP contribution < -0.4 is 10.9 Å². The van der Waals surface area contributed by atoms with Crippen LogP contribution in [0.15, 0.2) is 65.7 Å². The average Bonchev–Trinajstić information content (AvgIpc) is 2.60. The van der Waals surface area contributed by atoms with Gasteiger partial charge in [0.1, 0.15) is 5.69 Å². The SMILES string of the molecule is Cc1ccc(NC(=O)c2ccc(=O)n(Cc3ccncc3)n2)cc1. The Hall–Kier alpha value is -3.28. The van der Waals surface area contributed by atoms with Crippen molar-refractivity contribution >= 4 is 11.6 Å². The summed E-state index contributed by atoms with van der Waals surface area (Å²) in [7, 11) is 0. The zero-order chi connectivity index (χ0) is 16.9. The summed E-state index contributed by atoms with van der Waals surface area (Å²) in [6.07, 6.45) is 3.29. The maximum atomic E-state index is 12.3. The molecule has 120 valence electrons. The van der Waals surface area contributed by atoms with Gasteiger partial charge < -0.3 is 5.32 Å². The fourth-order valence-electron chi connectivity index (χ4n) is 2.18. The van der Waals surface area contributed by atoms with Gasteiger partial charge in [-0.3, -0.25) is 14.6 Å². The van der Waals surface area contributed by atoms with E-state index in [0.29, 0.717) is 5.69 Å².